The molecule has 1 saturated heterocycles. The normalized spacial score (nSPS) is 14.0. The lowest BCUT2D eigenvalue weighted by Gasteiger charge is -2.28. The second kappa shape index (κ2) is 9.14. The van der Waals surface area contributed by atoms with Gasteiger partial charge in [-0.2, -0.15) is 0 Å². The second-order valence-corrected chi connectivity index (χ2v) is 6.07. The van der Waals surface area contributed by atoms with E-state index in [-0.39, 0.29) is 23.7 Å². The van der Waals surface area contributed by atoms with Crippen LogP contribution in [-0.2, 0) is 9.53 Å². The van der Waals surface area contributed by atoms with Crippen molar-refractivity contribution in [1.29, 1.82) is 0 Å². The summed E-state index contributed by atoms with van der Waals surface area (Å²) in [5.74, 6) is -0.699. The number of nitro benzene ring substituents is 1. The Bertz CT molecular complexity index is 673. The number of likely N-dealkylation sites (N-methyl/N-ethyl adjacent to an activating group) is 1. The number of nitrogens with one attached hydrogen (secondary N) is 1. The molecule has 0 radical (unpaired) electrons. The summed E-state index contributed by atoms with van der Waals surface area (Å²) >= 11 is 0. The van der Waals surface area contributed by atoms with Gasteiger partial charge in [0.05, 0.1) is 24.7 Å². The van der Waals surface area contributed by atoms with Crippen LogP contribution in [0.3, 0.4) is 0 Å². The SMILES string of the molecule is CCCNC(=O)CN(C)C(=O)c1ccc(N2CCOCC2)c([N+](=O)[O-])c1. The third kappa shape index (κ3) is 4.92. The smallest absolute Gasteiger partial charge is 0.293 e. The number of benzene rings is 1. The largest absolute Gasteiger partial charge is 0.378 e. The summed E-state index contributed by atoms with van der Waals surface area (Å²) < 4.78 is 5.27. The van der Waals surface area contributed by atoms with Gasteiger partial charge in [-0.15, -0.1) is 0 Å². The van der Waals surface area contributed by atoms with Crippen molar-refractivity contribution in [3.05, 3.63) is 33.9 Å². The molecule has 1 N–H and O–H groups in total. The first-order valence-corrected chi connectivity index (χ1v) is 8.57. The number of rotatable bonds is 7. The third-order valence-corrected chi connectivity index (χ3v) is 4.07. The first kappa shape index (κ1) is 19.6. The maximum atomic E-state index is 12.5. The molecule has 1 aromatic carbocycles. The predicted molar refractivity (Wildman–Crippen MR) is 96.4 cm³/mol. The van der Waals surface area contributed by atoms with E-state index in [1.807, 2.05) is 11.8 Å². The summed E-state index contributed by atoms with van der Waals surface area (Å²) in [5.41, 5.74) is 0.527. The summed E-state index contributed by atoms with van der Waals surface area (Å²) in [4.78, 5) is 38.4. The van der Waals surface area contributed by atoms with E-state index in [1.165, 1.54) is 18.0 Å². The quantitative estimate of drug-likeness (QED) is 0.572. The Balaban J connectivity index is 2.16. The molecule has 0 saturated carbocycles. The summed E-state index contributed by atoms with van der Waals surface area (Å²) in [7, 11) is 1.50. The number of amides is 2. The van der Waals surface area contributed by atoms with Crippen molar-refractivity contribution < 1.29 is 19.2 Å². The van der Waals surface area contributed by atoms with Crippen LogP contribution in [0, 0.1) is 10.1 Å². The van der Waals surface area contributed by atoms with E-state index in [2.05, 4.69) is 5.32 Å². The summed E-state index contributed by atoms with van der Waals surface area (Å²) in [5, 5.41) is 14.2. The first-order valence-electron chi connectivity index (χ1n) is 8.57. The zero-order valence-electron chi connectivity index (χ0n) is 15.1. The Hall–Kier alpha value is -2.68. The van der Waals surface area contributed by atoms with Crippen LogP contribution >= 0.6 is 0 Å². The number of carbonyl (C=O) groups excluding carboxylic acids is 2. The van der Waals surface area contributed by atoms with Crippen molar-refractivity contribution in [1.82, 2.24) is 10.2 Å². The fourth-order valence-corrected chi connectivity index (χ4v) is 2.70. The van der Waals surface area contributed by atoms with Crippen molar-refractivity contribution in [2.75, 3.05) is 51.3 Å². The maximum Gasteiger partial charge on any atom is 0.293 e. The zero-order valence-corrected chi connectivity index (χ0v) is 15.1. The molecule has 0 unspecified atom stereocenters. The fraction of sp³-hybridized carbons (Fsp3) is 0.529. The Kier molecular flexibility index (Phi) is 6.90. The van der Waals surface area contributed by atoms with Crippen molar-refractivity contribution >= 4 is 23.2 Å². The van der Waals surface area contributed by atoms with Crippen molar-refractivity contribution in [2.45, 2.75) is 13.3 Å². The van der Waals surface area contributed by atoms with Gasteiger partial charge in [0.15, 0.2) is 0 Å². The molecule has 1 fully saturated rings. The number of morpholine rings is 1. The molecule has 0 spiro atoms. The van der Waals surface area contributed by atoms with Crippen molar-refractivity contribution in [3.63, 3.8) is 0 Å². The highest BCUT2D eigenvalue weighted by molar-refractivity contribution is 5.97. The van der Waals surface area contributed by atoms with E-state index in [4.69, 9.17) is 4.74 Å². The molecule has 0 bridgehead atoms. The van der Waals surface area contributed by atoms with Gasteiger partial charge in [0.25, 0.3) is 11.6 Å². The summed E-state index contributed by atoms with van der Waals surface area (Å²) in [6.07, 6.45) is 0.804. The van der Waals surface area contributed by atoms with Crippen LogP contribution < -0.4 is 10.2 Å². The molecule has 1 heterocycles. The Labute approximate surface area is 152 Å². The second-order valence-electron chi connectivity index (χ2n) is 6.07. The van der Waals surface area contributed by atoms with Gasteiger partial charge in [0.2, 0.25) is 5.91 Å². The van der Waals surface area contributed by atoms with E-state index < -0.39 is 10.8 Å². The van der Waals surface area contributed by atoms with E-state index in [1.54, 1.807) is 12.1 Å². The summed E-state index contributed by atoms with van der Waals surface area (Å²) in [6.45, 7) is 4.51. The topological polar surface area (TPSA) is 105 Å². The average Bonchev–Trinajstić information content (AvgIpc) is 2.65. The number of hydrogen-bond donors (Lipinski definition) is 1. The lowest BCUT2D eigenvalue weighted by atomic mass is 10.1. The predicted octanol–water partition coefficient (Wildman–Crippen LogP) is 1.03. The molecule has 1 aromatic rings. The number of carbonyl (C=O) groups is 2. The molecule has 0 atom stereocenters. The highest BCUT2D eigenvalue weighted by atomic mass is 16.6. The number of hydrogen-bond acceptors (Lipinski definition) is 6. The minimum atomic E-state index is -0.491. The monoisotopic (exact) mass is 364 g/mol. The number of nitro groups is 1. The van der Waals surface area contributed by atoms with E-state index >= 15 is 0 Å². The molecule has 9 heteroatoms. The van der Waals surface area contributed by atoms with Gasteiger partial charge in [0, 0.05) is 38.3 Å². The van der Waals surface area contributed by atoms with E-state index in [0.29, 0.717) is 38.5 Å². The average molecular weight is 364 g/mol. The molecule has 9 nitrogen and oxygen atoms in total. The van der Waals surface area contributed by atoms with Gasteiger partial charge in [-0.3, -0.25) is 19.7 Å². The van der Waals surface area contributed by atoms with Gasteiger partial charge < -0.3 is 19.9 Å². The van der Waals surface area contributed by atoms with Crippen LogP contribution in [0.25, 0.3) is 0 Å². The molecular formula is C17H24N4O5. The fourth-order valence-electron chi connectivity index (χ4n) is 2.70. The van der Waals surface area contributed by atoms with E-state index in [9.17, 15) is 19.7 Å². The maximum absolute atomic E-state index is 12.5. The van der Waals surface area contributed by atoms with Gasteiger partial charge in [-0.1, -0.05) is 6.92 Å². The van der Waals surface area contributed by atoms with Crippen LogP contribution in [0.5, 0.6) is 0 Å². The van der Waals surface area contributed by atoms with Crippen LogP contribution in [0.15, 0.2) is 18.2 Å². The number of ether oxygens (including phenoxy) is 1. The number of anilines is 1. The molecule has 0 aliphatic carbocycles. The van der Waals surface area contributed by atoms with Crippen molar-refractivity contribution in [3.8, 4) is 0 Å². The summed E-state index contributed by atoms with van der Waals surface area (Å²) in [6, 6.07) is 4.41. The lowest BCUT2D eigenvalue weighted by molar-refractivity contribution is -0.384. The van der Waals surface area contributed by atoms with Crippen LogP contribution in [0.1, 0.15) is 23.7 Å². The van der Waals surface area contributed by atoms with E-state index in [0.717, 1.165) is 6.42 Å². The Morgan fingerprint density at radius 1 is 1.35 bits per heavy atom. The van der Waals surface area contributed by atoms with Crippen LogP contribution in [-0.4, -0.2) is 68.1 Å². The van der Waals surface area contributed by atoms with Gasteiger partial charge in [0.1, 0.15) is 5.69 Å². The Morgan fingerprint density at radius 3 is 2.65 bits per heavy atom. The molecule has 0 aromatic heterocycles. The van der Waals surface area contributed by atoms with Crippen LogP contribution in [0.2, 0.25) is 0 Å². The molecule has 142 valence electrons. The van der Waals surface area contributed by atoms with Gasteiger partial charge in [-0.25, -0.2) is 0 Å². The molecule has 1 aliphatic heterocycles. The minimum absolute atomic E-state index is 0.0994. The highest BCUT2D eigenvalue weighted by Crippen LogP contribution is 2.30. The highest BCUT2D eigenvalue weighted by Gasteiger charge is 2.24. The standard InChI is InChI=1S/C17H24N4O5/c1-3-6-18-16(22)12-19(2)17(23)13-4-5-14(15(11-13)21(24)25)20-7-9-26-10-8-20/h4-5,11H,3,6-10,12H2,1-2H3,(H,18,22). The minimum Gasteiger partial charge on any atom is -0.378 e. The number of nitrogens with zero attached hydrogens (tertiary/aromatic N) is 3. The molecule has 1 aliphatic rings. The molecular weight excluding hydrogens is 340 g/mol. The third-order valence-electron chi connectivity index (χ3n) is 4.07. The first-order chi connectivity index (χ1) is 12.4. The zero-order chi connectivity index (χ0) is 19.1. The lowest BCUT2D eigenvalue weighted by Crippen LogP contribution is -2.38. The molecule has 2 rings (SSSR count). The van der Waals surface area contributed by atoms with Gasteiger partial charge >= 0.3 is 0 Å². The Morgan fingerprint density at radius 2 is 2.04 bits per heavy atom. The van der Waals surface area contributed by atoms with Crippen molar-refractivity contribution in [2.24, 2.45) is 0 Å². The van der Waals surface area contributed by atoms with Crippen LogP contribution in [0.4, 0.5) is 11.4 Å². The molecule has 26 heavy (non-hydrogen) atoms. The molecule has 2 amide bonds. The van der Waals surface area contributed by atoms with Gasteiger partial charge in [-0.05, 0) is 18.6 Å².